The molecule has 1 amide bonds. The Bertz CT molecular complexity index is 1060. The van der Waals surface area contributed by atoms with Gasteiger partial charge in [-0.25, -0.2) is 4.28 Å². The smallest absolute Gasteiger partial charge is 0.494 e. The van der Waals surface area contributed by atoms with Gasteiger partial charge >= 0.3 is 10.4 Å². The van der Waals surface area contributed by atoms with E-state index in [1.165, 1.54) is 12.3 Å². The maximum atomic E-state index is 11.8. The van der Waals surface area contributed by atoms with Gasteiger partial charge in [-0.05, 0) is 73.7 Å². The highest BCUT2D eigenvalue weighted by Gasteiger charge is 2.16. The van der Waals surface area contributed by atoms with Crippen molar-refractivity contribution in [2.45, 2.75) is 32.6 Å². The lowest BCUT2D eigenvalue weighted by atomic mass is 10.0. The molecule has 0 unspecified atom stereocenters. The van der Waals surface area contributed by atoms with Gasteiger partial charge in [-0.3, -0.25) is 4.79 Å². The molecular weight excluding hydrogens is 476 g/mol. The lowest BCUT2D eigenvalue weighted by Crippen LogP contribution is -2.18. The van der Waals surface area contributed by atoms with Crippen molar-refractivity contribution in [2.75, 3.05) is 11.9 Å². The van der Waals surface area contributed by atoms with Crippen molar-refractivity contribution >= 4 is 44.1 Å². The molecule has 0 saturated carbocycles. The average Bonchev–Trinajstić information content (AvgIpc) is 2.70. The van der Waals surface area contributed by atoms with Gasteiger partial charge in [-0.2, -0.15) is 0 Å². The first-order chi connectivity index (χ1) is 14.3. The van der Waals surface area contributed by atoms with Gasteiger partial charge < -0.3 is 14.2 Å². The number of ether oxygens (including phenoxy) is 1. The molecule has 160 valence electrons. The van der Waals surface area contributed by atoms with Crippen molar-refractivity contribution < 1.29 is 26.4 Å². The average molecular weight is 497 g/mol. The van der Waals surface area contributed by atoms with E-state index in [4.69, 9.17) is 8.92 Å². The number of oxime groups is 1. The summed E-state index contributed by atoms with van der Waals surface area (Å²) in [6.45, 7) is 2.24. The standard InChI is InChI=1S/C20H21BrN2O6S/c1-14-12-17(5-7-18(14)21)28-30(25,26)29-22-10-2-3-11-27-16-6-8-19-15(13-16)4-9-20(24)23-19/h5-8,10,12-13H,2-4,9,11H2,1H3,(H,23,24). The van der Waals surface area contributed by atoms with Crippen LogP contribution in [0.5, 0.6) is 11.5 Å². The molecule has 3 rings (SSSR count). The van der Waals surface area contributed by atoms with Gasteiger partial charge in [-0.15, -0.1) is 8.42 Å². The van der Waals surface area contributed by atoms with Gasteiger partial charge in [0.2, 0.25) is 5.91 Å². The molecule has 0 spiro atoms. The molecule has 0 aromatic heterocycles. The zero-order valence-corrected chi connectivity index (χ0v) is 18.7. The van der Waals surface area contributed by atoms with E-state index in [1.807, 2.05) is 19.1 Å². The monoisotopic (exact) mass is 496 g/mol. The summed E-state index contributed by atoms with van der Waals surface area (Å²) in [6.07, 6.45) is 3.60. The number of aryl methyl sites for hydroxylation is 2. The second-order valence-electron chi connectivity index (χ2n) is 6.62. The third-order valence-corrected chi connectivity index (χ3v) is 5.81. The normalized spacial score (nSPS) is 13.6. The van der Waals surface area contributed by atoms with E-state index in [0.29, 0.717) is 32.3 Å². The molecular formula is C20H21BrN2O6S. The Balaban J connectivity index is 1.38. The Labute approximate surface area is 183 Å². The van der Waals surface area contributed by atoms with Crippen LogP contribution in [0, 0.1) is 6.92 Å². The summed E-state index contributed by atoms with van der Waals surface area (Å²) in [6, 6.07) is 10.3. The SMILES string of the molecule is Cc1cc(OS(=O)(=O)ON=CCCCOc2ccc3c(c2)CCC(=O)N3)ccc1Br. The number of halogens is 1. The maximum Gasteiger partial charge on any atom is 0.521 e. The van der Waals surface area contributed by atoms with Gasteiger partial charge in [0.05, 0.1) is 6.61 Å². The Morgan fingerprint density at radius 2 is 1.97 bits per heavy atom. The minimum Gasteiger partial charge on any atom is -0.494 e. The van der Waals surface area contributed by atoms with Crippen LogP contribution in [0.25, 0.3) is 0 Å². The van der Waals surface area contributed by atoms with Gasteiger partial charge in [0.15, 0.2) is 0 Å². The number of carbonyl (C=O) groups is 1. The third kappa shape index (κ3) is 6.46. The second-order valence-corrected chi connectivity index (χ2v) is 8.61. The fraction of sp³-hybridized carbons (Fsp3) is 0.300. The van der Waals surface area contributed by atoms with Crippen molar-refractivity contribution in [2.24, 2.45) is 5.16 Å². The van der Waals surface area contributed by atoms with Crippen LogP contribution in [-0.2, 0) is 25.9 Å². The number of amides is 1. The first kappa shape index (κ1) is 22.1. The number of hydrogen-bond acceptors (Lipinski definition) is 7. The van der Waals surface area contributed by atoms with E-state index in [0.717, 1.165) is 27.0 Å². The maximum absolute atomic E-state index is 11.8. The quantitative estimate of drug-likeness (QED) is 0.318. The van der Waals surface area contributed by atoms with Crippen LogP contribution in [0.15, 0.2) is 46.0 Å². The lowest BCUT2D eigenvalue weighted by Gasteiger charge is -2.17. The van der Waals surface area contributed by atoms with E-state index >= 15 is 0 Å². The fourth-order valence-electron chi connectivity index (χ4n) is 2.75. The zero-order chi connectivity index (χ0) is 21.6. The molecule has 30 heavy (non-hydrogen) atoms. The highest BCUT2D eigenvalue weighted by molar-refractivity contribution is 9.10. The Morgan fingerprint density at radius 1 is 1.17 bits per heavy atom. The molecule has 2 aromatic carbocycles. The molecule has 1 heterocycles. The van der Waals surface area contributed by atoms with Crippen molar-refractivity contribution in [3.05, 3.63) is 52.0 Å². The molecule has 0 atom stereocenters. The topological polar surface area (TPSA) is 103 Å². The molecule has 1 aliphatic rings. The number of carbonyl (C=O) groups excluding carboxylic acids is 1. The predicted octanol–water partition coefficient (Wildman–Crippen LogP) is 4.13. The van der Waals surface area contributed by atoms with Crippen LogP contribution in [0.1, 0.15) is 30.4 Å². The van der Waals surface area contributed by atoms with Gasteiger partial charge in [0, 0.05) is 22.8 Å². The summed E-state index contributed by atoms with van der Waals surface area (Å²) in [7, 11) is -4.29. The number of unbranched alkanes of at least 4 members (excludes halogenated alkanes) is 1. The first-order valence-electron chi connectivity index (χ1n) is 9.29. The second kappa shape index (κ2) is 9.94. The number of benzene rings is 2. The van der Waals surface area contributed by atoms with Crippen LogP contribution in [0.3, 0.4) is 0 Å². The van der Waals surface area contributed by atoms with Crippen LogP contribution in [-0.4, -0.2) is 27.1 Å². The Hall–Kier alpha value is -2.59. The van der Waals surface area contributed by atoms with Crippen molar-refractivity contribution in [1.82, 2.24) is 0 Å². The summed E-state index contributed by atoms with van der Waals surface area (Å²) in [5, 5.41) is 6.27. The first-order valence-corrected chi connectivity index (χ1v) is 11.4. The highest BCUT2D eigenvalue weighted by Crippen LogP contribution is 2.27. The van der Waals surface area contributed by atoms with Gasteiger partial charge in [0.1, 0.15) is 11.5 Å². The molecule has 2 aromatic rings. The molecule has 0 aliphatic carbocycles. The predicted molar refractivity (Wildman–Crippen MR) is 116 cm³/mol. The van der Waals surface area contributed by atoms with E-state index in [9.17, 15) is 13.2 Å². The van der Waals surface area contributed by atoms with Crippen molar-refractivity contribution in [1.29, 1.82) is 0 Å². The largest absolute Gasteiger partial charge is 0.521 e. The molecule has 1 aliphatic heterocycles. The Morgan fingerprint density at radius 3 is 2.77 bits per heavy atom. The number of rotatable bonds is 9. The number of nitrogens with one attached hydrogen (secondary N) is 1. The van der Waals surface area contributed by atoms with E-state index in [1.54, 1.807) is 18.2 Å². The molecule has 10 heteroatoms. The fourth-order valence-corrected chi connectivity index (χ4v) is 3.53. The van der Waals surface area contributed by atoms with Crippen molar-refractivity contribution in [3.63, 3.8) is 0 Å². The molecule has 0 saturated heterocycles. The summed E-state index contributed by atoms with van der Waals surface area (Å²) < 4.78 is 39.4. The number of hydrogen-bond donors (Lipinski definition) is 1. The molecule has 8 nitrogen and oxygen atoms in total. The van der Waals surface area contributed by atoms with Crippen molar-refractivity contribution in [3.8, 4) is 11.5 Å². The molecule has 0 bridgehead atoms. The summed E-state index contributed by atoms with van der Waals surface area (Å²) in [4.78, 5) is 11.4. The molecule has 0 radical (unpaired) electrons. The summed E-state index contributed by atoms with van der Waals surface area (Å²) in [5.74, 6) is 0.889. The summed E-state index contributed by atoms with van der Waals surface area (Å²) >= 11 is 3.33. The van der Waals surface area contributed by atoms with E-state index < -0.39 is 10.4 Å². The number of anilines is 1. The van der Waals surface area contributed by atoms with Gasteiger partial charge in [0.25, 0.3) is 0 Å². The highest BCUT2D eigenvalue weighted by atomic mass is 79.9. The van der Waals surface area contributed by atoms with E-state index in [-0.39, 0.29) is 11.7 Å². The van der Waals surface area contributed by atoms with E-state index in [2.05, 4.69) is 30.7 Å². The minimum atomic E-state index is -4.29. The molecule has 1 N–H and O–H groups in total. The lowest BCUT2D eigenvalue weighted by molar-refractivity contribution is -0.116. The van der Waals surface area contributed by atoms with Crippen LogP contribution >= 0.6 is 15.9 Å². The Kier molecular flexibility index (Phi) is 7.33. The third-order valence-electron chi connectivity index (χ3n) is 4.26. The zero-order valence-electron chi connectivity index (χ0n) is 16.3. The summed E-state index contributed by atoms with van der Waals surface area (Å²) in [5.41, 5.74) is 2.70. The molecule has 0 fully saturated rings. The number of fused-ring (bicyclic) bond motifs is 1. The van der Waals surface area contributed by atoms with Gasteiger partial charge in [-0.1, -0.05) is 21.1 Å². The van der Waals surface area contributed by atoms with Crippen LogP contribution in [0.2, 0.25) is 0 Å². The number of nitrogens with zero attached hydrogens (tertiary/aromatic N) is 1. The van der Waals surface area contributed by atoms with Crippen LogP contribution in [0.4, 0.5) is 5.69 Å². The van der Waals surface area contributed by atoms with Crippen LogP contribution < -0.4 is 14.2 Å². The minimum absolute atomic E-state index is 0.0250.